The van der Waals surface area contributed by atoms with Gasteiger partial charge >= 0.3 is 6.18 Å². The number of anilines is 1. The van der Waals surface area contributed by atoms with E-state index in [0.717, 1.165) is 17.7 Å². The van der Waals surface area contributed by atoms with Crippen molar-refractivity contribution in [1.29, 1.82) is 0 Å². The first-order valence-corrected chi connectivity index (χ1v) is 10.6. The van der Waals surface area contributed by atoms with Crippen LogP contribution in [0.4, 0.5) is 18.9 Å². The summed E-state index contributed by atoms with van der Waals surface area (Å²) in [6.45, 7) is 1.93. The fourth-order valence-electron chi connectivity index (χ4n) is 2.98. The third kappa shape index (κ3) is 5.29. The summed E-state index contributed by atoms with van der Waals surface area (Å²) >= 11 is 0. The van der Waals surface area contributed by atoms with Gasteiger partial charge in [-0.1, -0.05) is 29.8 Å². The molecule has 7 nitrogen and oxygen atoms in total. The maximum absolute atomic E-state index is 12.7. The quantitative estimate of drug-likeness (QED) is 0.549. The molecule has 1 aliphatic heterocycles. The van der Waals surface area contributed by atoms with Crippen LogP contribution in [0.5, 0.6) is 0 Å². The normalized spacial score (nSPS) is 19.5. The average Bonchev–Trinajstić information content (AvgIpc) is 3.18. The summed E-state index contributed by atoms with van der Waals surface area (Å²) in [7, 11) is -3.93. The van der Waals surface area contributed by atoms with E-state index in [2.05, 4.69) is 20.9 Å². The van der Waals surface area contributed by atoms with E-state index < -0.39 is 39.0 Å². The van der Waals surface area contributed by atoms with Gasteiger partial charge in [-0.15, -0.1) is 0 Å². The predicted molar refractivity (Wildman–Crippen MR) is 105 cm³/mol. The van der Waals surface area contributed by atoms with Crippen LogP contribution in [0, 0.1) is 12.8 Å². The highest BCUT2D eigenvalue weighted by Gasteiger charge is 2.41. The molecular weight excluding hydrogens is 421 g/mol. The highest BCUT2D eigenvalue weighted by Crippen LogP contribution is 2.29. The lowest BCUT2D eigenvalue weighted by Crippen LogP contribution is -2.46. The van der Waals surface area contributed by atoms with Gasteiger partial charge in [0.25, 0.3) is 10.0 Å². The van der Waals surface area contributed by atoms with E-state index in [4.69, 9.17) is 0 Å². The number of amides is 1. The third-order valence-electron chi connectivity index (χ3n) is 4.66. The highest BCUT2D eigenvalue weighted by molar-refractivity contribution is 7.93. The van der Waals surface area contributed by atoms with Gasteiger partial charge in [0, 0.05) is 18.8 Å². The van der Waals surface area contributed by atoms with E-state index in [1.54, 1.807) is 24.3 Å². The minimum absolute atomic E-state index is 0.0222. The summed E-state index contributed by atoms with van der Waals surface area (Å²) in [5.41, 5.74) is 6.29. The van der Waals surface area contributed by atoms with Crippen molar-refractivity contribution in [3.63, 3.8) is 0 Å². The number of nitrogens with one attached hydrogen (secondary N) is 4. The van der Waals surface area contributed by atoms with Crippen molar-refractivity contribution in [3.8, 4) is 0 Å². The average molecular weight is 442 g/mol. The van der Waals surface area contributed by atoms with Gasteiger partial charge in [-0.25, -0.2) is 13.8 Å². The number of aryl methyl sites for hydroxylation is 1. The first kappa shape index (κ1) is 22.1. The largest absolute Gasteiger partial charge is 0.416 e. The van der Waals surface area contributed by atoms with Crippen molar-refractivity contribution in [2.75, 3.05) is 11.3 Å². The molecule has 0 bridgehead atoms. The highest BCUT2D eigenvalue weighted by atomic mass is 32.2. The zero-order valence-electron chi connectivity index (χ0n) is 16.0. The SMILES string of the molecule is Cc1ccc(NS(=O)(=O)C2NNCC2C(=O)NCc2ccc(C(F)(F)F)cc2)cc1. The van der Waals surface area contributed by atoms with Crippen LogP contribution < -0.4 is 20.9 Å². The Balaban J connectivity index is 1.63. The summed E-state index contributed by atoms with van der Waals surface area (Å²) in [6.07, 6.45) is -4.44. The van der Waals surface area contributed by atoms with Crippen molar-refractivity contribution in [2.45, 2.75) is 25.0 Å². The van der Waals surface area contributed by atoms with Gasteiger partial charge in [0.2, 0.25) is 5.91 Å². The summed E-state index contributed by atoms with van der Waals surface area (Å²) < 4.78 is 65.7. The Morgan fingerprint density at radius 3 is 2.33 bits per heavy atom. The second-order valence-electron chi connectivity index (χ2n) is 6.98. The van der Waals surface area contributed by atoms with Crippen molar-refractivity contribution < 1.29 is 26.4 Å². The fourth-order valence-corrected chi connectivity index (χ4v) is 4.46. The smallest absolute Gasteiger partial charge is 0.352 e. The summed E-state index contributed by atoms with van der Waals surface area (Å²) in [5.74, 6) is -1.46. The van der Waals surface area contributed by atoms with Crippen LogP contribution >= 0.6 is 0 Å². The van der Waals surface area contributed by atoms with E-state index in [9.17, 15) is 26.4 Å². The maximum atomic E-state index is 12.7. The monoisotopic (exact) mass is 442 g/mol. The number of carbonyl (C=O) groups is 1. The van der Waals surface area contributed by atoms with Gasteiger partial charge < -0.3 is 5.32 Å². The molecule has 1 heterocycles. The molecule has 162 valence electrons. The second-order valence-corrected chi connectivity index (χ2v) is 8.78. The number of hydrazine groups is 1. The maximum Gasteiger partial charge on any atom is 0.416 e. The summed E-state index contributed by atoms with van der Waals surface area (Å²) in [6, 6.07) is 11.1. The summed E-state index contributed by atoms with van der Waals surface area (Å²) in [5, 5.41) is 1.36. The van der Waals surface area contributed by atoms with Crippen molar-refractivity contribution in [2.24, 2.45) is 5.92 Å². The van der Waals surface area contributed by atoms with Gasteiger partial charge in [0.15, 0.2) is 5.37 Å². The molecule has 0 aromatic heterocycles. The number of hydrogen-bond acceptors (Lipinski definition) is 5. The standard InChI is InChI=1S/C19H21F3N4O3S/c1-12-2-8-15(9-3-12)26-30(28,29)18-16(11-24-25-18)17(27)23-10-13-4-6-14(7-5-13)19(20,21)22/h2-9,16,18,24-26H,10-11H2,1H3,(H,23,27). The van der Waals surface area contributed by atoms with E-state index in [1.165, 1.54) is 12.1 Å². The molecule has 1 amide bonds. The van der Waals surface area contributed by atoms with Gasteiger partial charge in [-0.3, -0.25) is 14.9 Å². The van der Waals surface area contributed by atoms with Crippen LogP contribution in [-0.2, 0) is 27.5 Å². The Hall–Kier alpha value is -2.63. The first-order valence-electron chi connectivity index (χ1n) is 9.07. The Kier molecular flexibility index (Phi) is 6.34. The number of sulfonamides is 1. The molecule has 2 atom stereocenters. The summed E-state index contributed by atoms with van der Waals surface area (Å²) in [4.78, 5) is 12.5. The number of alkyl halides is 3. The molecule has 2 aromatic carbocycles. The van der Waals surface area contributed by atoms with E-state index in [-0.39, 0.29) is 13.1 Å². The van der Waals surface area contributed by atoms with E-state index in [1.807, 2.05) is 6.92 Å². The van der Waals surface area contributed by atoms with Gasteiger partial charge in [0.05, 0.1) is 11.5 Å². The lowest BCUT2D eigenvalue weighted by atomic mass is 10.1. The van der Waals surface area contributed by atoms with Gasteiger partial charge in [-0.2, -0.15) is 13.2 Å². The number of halogens is 3. The third-order valence-corrected chi connectivity index (χ3v) is 6.30. The Morgan fingerprint density at radius 2 is 1.73 bits per heavy atom. The Bertz CT molecular complexity index is 993. The van der Waals surface area contributed by atoms with Crippen molar-refractivity contribution >= 4 is 21.6 Å². The molecule has 4 N–H and O–H groups in total. The first-order chi connectivity index (χ1) is 14.1. The minimum atomic E-state index is -4.44. The Labute approximate surface area is 172 Å². The number of rotatable bonds is 6. The lowest BCUT2D eigenvalue weighted by molar-refractivity contribution is -0.137. The molecule has 2 unspecified atom stereocenters. The molecule has 1 fully saturated rings. The molecule has 0 radical (unpaired) electrons. The van der Waals surface area contributed by atoms with E-state index in [0.29, 0.717) is 11.3 Å². The molecule has 1 saturated heterocycles. The van der Waals surface area contributed by atoms with Crippen molar-refractivity contribution in [1.82, 2.24) is 16.2 Å². The zero-order valence-corrected chi connectivity index (χ0v) is 16.8. The molecular formula is C19H21F3N4O3S. The molecule has 2 aromatic rings. The molecule has 11 heteroatoms. The Morgan fingerprint density at radius 1 is 1.10 bits per heavy atom. The van der Waals surface area contributed by atoms with Crippen LogP contribution in [0.3, 0.4) is 0 Å². The van der Waals surface area contributed by atoms with E-state index >= 15 is 0 Å². The molecule has 1 aliphatic rings. The molecule has 0 aliphatic carbocycles. The predicted octanol–water partition coefficient (Wildman–Crippen LogP) is 2.12. The molecule has 0 spiro atoms. The zero-order chi connectivity index (χ0) is 21.9. The fraction of sp³-hybridized carbons (Fsp3) is 0.316. The van der Waals surface area contributed by atoms with Gasteiger partial charge in [-0.05, 0) is 36.8 Å². The lowest BCUT2D eigenvalue weighted by Gasteiger charge is -2.19. The molecule has 30 heavy (non-hydrogen) atoms. The van der Waals surface area contributed by atoms with Crippen LogP contribution in [0.25, 0.3) is 0 Å². The van der Waals surface area contributed by atoms with Crippen molar-refractivity contribution in [3.05, 3.63) is 65.2 Å². The second kappa shape index (κ2) is 8.62. The number of carbonyl (C=O) groups excluding carboxylic acids is 1. The topological polar surface area (TPSA) is 99.3 Å². The van der Waals surface area contributed by atoms with Gasteiger partial charge in [0.1, 0.15) is 0 Å². The van der Waals surface area contributed by atoms with Crippen LogP contribution in [0.15, 0.2) is 48.5 Å². The van der Waals surface area contributed by atoms with Crippen LogP contribution in [0.1, 0.15) is 16.7 Å². The van der Waals surface area contributed by atoms with Crippen LogP contribution in [0.2, 0.25) is 0 Å². The number of hydrogen-bond donors (Lipinski definition) is 4. The molecule has 3 rings (SSSR count). The molecule has 0 saturated carbocycles. The number of benzene rings is 2. The minimum Gasteiger partial charge on any atom is -0.352 e. The van der Waals surface area contributed by atoms with Crippen LogP contribution in [-0.4, -0.2) is 26.2 Å².